The molecule has 0 radical (unpaired) electrons. The molecule has 1 saturated heterocycles. The van der Waals surface area contributed by atoms with Crippen molar-refractivity contribution in [2.24, 2.45) is 0 Å². The number of hydrogen-bond acceptors (Lipinski definition) is 3. The maximum absolute atomic E-state index is 13.8. The third-order valence-electron chi connectivity index (χ3n) is 6.75. The number of nitrogens with zero attached hydrogens (tertiary/aromatic N) is 2. The summed E-state index contributed by atoms with van der Waals surface area (Å²) in [5.74, 6) is -0.538. The predicted octanol–water partition coefficient (Wildman–Crippen LogP) is 6.62. The first-order chi connectivity index (χ1) is 16.1. The molecule has 0 saturated carbocycles. The molecule has 35 heavy (non-hydrogen) atoms. The Balaban J connectivity index is 0.00000216. The van der Waals surface area contributed by atoms with Gasteiger partial charge in [0.25, 0.3) is 0 Å². The lowest BCUT2D eigenvalue weighted by molar-refractivity contribution is -0.217. The molecule has 190 valence electrons. The van der Waals surface area contributed by atoms with Crippen molar-refractivity contribution in [3.05, 3.63) is 107 Å². The number of likely N-dealkylation sites (N-methyl/N-ethyl adjacent to an activating group) is 1. The van der Waals surface area contributed by atoms with Crippen molar-refractivity contribution >= 4 is 24.8 Å². The van der Waals surface area contributed by atoms with Crippen LogP contribution in [0.2, 0.25) is 0 Å². The second-order valence-electron chi connectivity index (χ2n) is 8.57. The van der Waals surface area contributed by atoms with Gasteiger partial charge in [0.1, 0.15) is 11.6 Å². The van der Waals surface area contributed by atoms with Gasteiger partial charge in [-0.05, 0) is 61.3 Å². The molecular weight excluding hydrogens is 489 g/mol. The number of benzene rings is 3. The summed E-state index contributed by atoms with van der Waals surface area (Å²) in [4.78, 5) is 4.75. The fraction of sp³-hybridized carbons (Fsp3) is 0.357. The molecule has 1 aliphatic rings. The minimum atomic E-state index is -0.814. The molecule has 4 rings (SSSR count). The van der Waals surface area contributed by atoms with Crippen molar-refractivity contribution in [2.75, 3.05) is 33.3 Å². The van der Waals surface area contributed by atoms with Crippen molar-refractivity contribution in [1.82, 2.24) is 9.80 Å². The van der Waals surface area contributed by atoms with E-state index in [2.05, 4.69) is 41.0 Å². The summed E-state index contributed by atoms with van der Waals surface area (Å²) in [5.41, 5.74) is 2.39. The van der Waals surface area contributed by atoms with Crippen LogP contribution in [0.15, 0.2) is 78.9 Å². The number of piperazine rings is 1. The first-order valence-electron chi connectivity index (χ1n) is 11.7. The maximum Gasteiger partial charge on any atom is 0.167 e. The average Bonchev–Trinajstić information content (AvgIpc) is 2.85. The minimum absolute atomic E-state index is 0. The molecular formula is C28H34Cl2F2N2O. The first kappa shape index (κ1) is 29.2. The highest BCUT2D eigenvalue weighted by molar-refractivity contribution is 5.85. The van der Waals surface area contributed by atoms with E-state index in [0.29, 0.717) is 0 Å². The normalized spacial score (nSPS) is 20.6. The van der Waals surface area contributed by atoms with Crippen LogP contribution in [-0.4, -0.2) is 43.1 Å². The lowest BCUT2D eigenvalue weighted by atomic mass is 9.84. The quantitative estimate of drug-likeness (QED) is 0.330. The van der Waals surface area contributed by atoms with E-state index in [1.807, 2.05) is 30.3 Å². The highest BCUT2D eigenvalue weighted by atomic mass is 35.5. The van der Waals surface area contributed by atoms with Gasteiger partial charge in [0, 0.05) is 25.8 Å². The smallest absolute Gasteiger partial charge is 0.167 e. The van der Waals surface area contributed by atoms with E-state index in [0.717, 1.165) is 50.1 Å². The standard InChI is InChI=1S/C28H32F2N2O.2ClH/c1-3-32-21-20-31(19-7-10-22-8-5-4-6-9-22)27(23-11-15-25(29)16-12-23)28(32,33-2)24-13-17-26(30)18-14-24;;/h4-6,8-9,11-18,27H,3,7,10,19-21H2,1-2H3;2*1H. The zero-order chi connectivity index (χ0) is 23.3. The van der Waals surface area contributed by atoms with Crippen LogP contribution in [0.5, 0.6) is 0 Å². The highest BCUT2D eigenvalue weighted by Crippen LogP contribution is 2.47. The summed E-state index contributed by atoms with van der Waals surface area (Å²) in [7, 11) is 1.72. The number of rotatable bonds is 8. The Hall–Kier alpha value is -2.02. The number of hydrogen-bond donors (Lipinski definition) is 0. The average molecular weight is 523 g/mol. The molecule has 0 bridgehead atoms. The van der Waals surface area contributed by atoms with Crippen LogP contribution in [-0.2, 0) is 16.9 Å². The van der Waals surface area contributed by atoms with Crippen LogP contribution < -0.4 is 0 Å². The van der Waals surface area contributed by atoms with Crippen LogP contribution in [0.4, 0.5) is 8.78 Å². The van der Waals surface area contributed by atoms with Crippen molar-refractivity contribution in [1.29, 1.82) is 0 Å². The van der Waals surface area contributed by atoms with Gasteiger partial charge in [-0.1, -0.05) is 61.5 Å². The fourth-order valence-electron chi connectivity index (χ4n) is 5.20. The topological polar surface area (TPSA) is 15.7 Å². The van der Waals surface area contributed by atoms with Gasteiger partial charge in [0.2, 0.25) is 0 Å². The number of halogens is 4. The van der Waals surface area contributed by atoms with Gasteiger partial charge >= 0.3 is 0 Å². The maximum atomic E-state index is 13.8. The van der Waals surface area contributed by atoms with Gasteiger partial charge in [-0.15, -0.1) is 24.8 Å². The molecule has 0 amide bonds. The molecule has 0 N–H and O–H groups in total. The van der Waals surface area contributed by atoms with E-state index in [-0.39, 0.29) is 42.5 Å². The summed E-state index contributed by atoms with van der Waals surface area (Å²) in [6.45, 7) is 5.47. The summed E-state index contributed by atoms with van der Waals surface area (Å²) in [6.07, 6.45) is 1.98. The van der Waals surface area contributed by atoms with E-state index < -0.39 is 5.72 Å². The van der Waals surface area contributed by atoms with Crippen LogP contribution >= 0.6 is 24.8 Å². The second-order valence-corrected chi connectivity index (χ2v) is 8.57. The lowest BCUT2D eigenvalue weighted by Gasteiger charge is -2.55. The van der Waals surface area contributed by atoms with Gasteiger partial charge in [-0.25, -0.2) is 8.78 Å². The van der Waals surface area contributed by atoms with Gasteiger partial charge < -0.3 is 4.74 Å². The molecule has 1 heterocycles. The molecule has 2 atom stereocenters. The van der Waals surface area contributed by atoms with Crippen molar-refractivity contribution in [3.8, 4) is 0 Å². The van der Waals surface area contributed by atoms with E-state index in [4.69, 9.17) is 4.74 Å². The number of aryl methyl sites for hydroxylation is 1. The first-order valence-corrected chi connectivity index (χ1v) is 11.7. The molecule has 3 aromatic rings. The van der Waals surface area contributed by atoms with E-state index >= 15 is 0 Å². The monoisotopic (exact) mass is 522 g/mol. The molecule has 0 aromatic heterocycles. The molecule has 2 unspecified atom stereocenters. The van der Waals surface area contributed by atoms with Crippen LogP contribution in [0.1, 0.15) is 36.1 Å². The number of ether oxygens (including phenoxy) is 1. The molecule has 3 nitrogen and oxygen atoms in total. The Morgan fingerprint density at radius 1 is 0.857 bits per heavy atom. The Morgan fingerprint density at radius 3 is 2.03 bits per heavy atom. The fourth-order valence-corrected chi connectivity index (χ4v) is 5.20. The Bertz CT molecular complexity index is 1020. The molecule has 0 aliphatic carbocycles. The number of methoxy groups -OCH3 is 1. The van der Waals surface area contributed by atoms with Crippen molar-refractivity contribution in [2.45, 2.75) is 31.5 Å². The molecule has 0 spiro atoms. The summed E-state index contributed by atoms with van der Waals surface area (Å²) < 4.78 is 34.0. The van der Waals surface area contributed by atoms with E-state index in [9.17, 15) is 8.78 Å². The zero-order valence-corrected chi connectivity index (χ0v) is 21.8. The third-order valence-corrected chi connectivity index (χ3v) is 6.75. The van der Waals surface area contributed by atoms with Gasteiger partial charge in [-0.2, -0.15) is 0 Å². The largest absolute Gasteiger partial charge is 0.357 e. The van der Waals surface area contributed by atoms with Crippen LogP contribution in [0.3, 0.4) is 0 Å². The van der Waals surface area contributed by atoms with Crippen LogP contribution in [0.25, 0.3) is 0 Å². The van der Waals surface area contributed by atoms with E-state index in [1.165, 1.54) is 29.8 Å². The summed E-state index contributed by atoms with van der Waals surface area (Å²) in [5, 5.41) is 0. The van der Waals surface area contributed by atoms with E-state index in [1.54, 1.807) is 7.11 Å². The van der Waals surface area contributed by atoms with Gasteiger partial charge in [0.15, 0.2) is 5.72 Å². The Morgan fingerprint density at radius 2 is 1.46 bits per heavy atom. The molecule has 1 fully saturated rings. The Kier molecular flexibility index (Phi) is 11.1. The second kappa shape index (κ2) is 13.3. The summed E-state index contributed by atoms with van der Waals surface area (Å²) >= 11 is 0. The molecule has 7 heteroatoms. The van der Waals surface area contributed by atoms with Crippen LogP contribution in [0, 0.1) is 11.6 Å². The van der Waals surface area contributed by atoms with Gasteiger partial charge in [-0.3, -0.25) is 9.80 Å². The predicted molar refractivity (Wildman–Crippen MR) is 142 cm³/mol. The molecule has 3 aromatic carbocycles. The zero-order valence-electron chi connectivity index (χ0n) is 20.2. The van der Waals surface area contributed by atoms with Crippen molar-refractivity contribution < 1.29 is 13.5 Å². The lowest BCUT2D eigenvalue weighted by Crippen LogP contribution is -2.62. The van der Waals surface area contributed by atoms with Crippen molar-refractivity contribution in [3.63, 3.8) is 0 Å². The molecule has 1 aliphatic heterocycles. The van der Waals surface area contributed by atoms with Gasteiger partial charge in [0.05, 0.1) is 6.04 Å². The SMILES string of the molecule is CCN1CCN(CCCc2ccccc2)C(c2ccc(F)cc2)C1(OC)c1ccc(F)cc1.Cl.Cl. The third kappa shape index (κ3) is 6.22. The highest BCUT2D eigenvalue weighted by Gasteiger charge is 2.51. The minimum Gasteiger partial charge on any atom is -0.357 e. The Labute approximate surface area is 219 Å². The summed E-state index contributed by atoms with van der Waals surface area (Å²) in [6, 6.07) is 23.6.